The maximum atomic E-state index is 7.47. The van der Waals surface area contributed by atoms with Gasteiger partial charge in [0.25, 0.3) is 0 Å². The van der Waals surface area contributed by atoms with Gasteiger partial charge in [-0.05, 0) is 18.6 Å². The van der Waals surface area contributed by atoms with Crippen molar-refractivity contribution in [1.82, 2.24) is 0 Å². The van der Waals surface area contributed by atoms with E-state index in [1.54, 1.807) is 12.1 Å². The quantitative estimate of drug-likeness (QED) is 0.514. The Morgan fingerprint density at radius 3 is 2.26 bits per heavy atom. The lowest BCUT2D eigenvalue weighted by molar-refractivity contribution is 0.568. The molecule has 5 nitrogen and oxygen atoms in total. The molecule has 23 heavy (non-hydrogen) atoms. The van der Waals surface area contributed by atoms with E-state index in [1.807, 2.05) is 42.5 Å². The van der Waals surface area contributed by atoms with Gasteiger partial charge in [0.15, 0.2) is 0 Å². The summed E-state index contributed by atoms with van der Waals surface area (Å²) in [6.45, 7) is 0. The molecule has 0 saturated heterocycles. The molecule has 3 rings (SSSR count). The summed E-state index contributed by atoms with van der Waals surface area (Å²) < 4.78 is 5.92. The summed E-state index contributed by atoms with van der Waals surface area (Å²) in [6.07, 6.45) is 6.62. The molecule has 1 atom stereocenters. The molecule has 0 saturated carbocycles. The van der Waals surface area contributed by atoms with E-state index >= 15 is 0 Å². The van der Waals surface area contributed by atoms with Crippen LogP contribution in [0.25, 0.3) is 16.9 Å². The van der Waals surface area contributed by atoms with Crippen LogP contribution in [0.4, 0.5) is 0 Å². The normalized spacial score (nSPS) is 16.9. The molecule has 0 amide bonds. The second-order valence-electron chi connectivity index (χ2n) is 5.47. The number of hydrogen-bond acceptors (Lipinski definition) is 3. The second-order valence-corrected chi connectivity index (χ2v) is 5.47. The fourth-order valence-corrected chi connectivity index (χ4v) is 2.50. The van der Waals surface area contributed by atoms with E-state index in [0.29, 0.717) is 12.0 Å². The molecule has 116 valence electrons. The average Bonchev–Trinajstić information content (AvgIpc) is 3.05. The standard InChI is InChI=1S/C18H18N4O/c19-17(20)13-5-1-11(2-6-13)15-9-10-16(23-15)12-3-7-14(8-4-12)18(21)22/h1-7,9-10,14H,8H2,(H3,19,20)(H3,21,22). The number of benzene rings is 1. The highest BCUT2D eigenvalue weighted by Crippen LogP contribution is 2.29. The fourth-order valence-electron chi connectivity index (χ4n) is 2.50. The Morgan fingerprint density at radius 1 is 1.00 bits per heavy atom. The molecular formula is C18H18N4O. The summed E-state index contributed by atoms with van der Waals surface area (Å²) in [5.41, 5.74) is 13.6. The van der Waals surface area contributed by atoms with Gasteiger partial charge in [0, 0.05) is 22.6 Å². The minimum absolute atomic E-state index is 0.0210. The first-order valence-electron chi connectivity index (χ1n) is 7.32. The summed E-state index contributed by atoms with van der Waals surface area (Å²) >= 11 is 0. The Hall–Kier alpha value is -3.08. The average molecular weight is 306 g/mol. The van der Waals surface area contributed by atoms with Crippen molar-refractivity contribution in [3.05, 3.63) is 65.9 Å². The van der Waals surface area contributed by atoms with Crippen LogP contribution in [-0.4, -0.2) is 11.7 Å². The smallest absolute Gasteiger partial charge is 0.134 e. The van der Waals surface area contributed by atoms with Crippen LogP contribution in [0.15, 0.2) is 59.0 Å². The zero-order chi connectivity index (χ0) is 16.4. The van der Waals surface area contributed by atoms with Gasteiger partial charge in [0.1, 0.15) is 17.4 Å². The molecule has 0 bridgehead atoms. The molecule has 1 aromatic carbocycles. The summed E-state index contributed by atoms with van der Waals surface area (Å²) in [6, 6.07) is 11.2. The fraction of sp³-hybridized carbons (Fsp3) is 0.111. The van der Waals surface area contributed by atoms with Crippen molar-refractivity contribution in [3.63, 3.8) is 0 Å². The Balaban J connectivity index is 1.80. The molecule has 2 aromatic rings. The first-order valence-corrected chi connectivity index (χ1v) is 7.32. The van der Waals surface area contributed by atoms with Crippen LogP contribution in [0.2, 0.25) is 0 Å². The second kappa shape index (κ2) is 5.96. The summed E-state index contributed by atoms with van der Waals surface area (Å²) in [4.78, 5) is 0. The number of rotatable bonds is 4. The molecule has 1 aliphatic rings. The zero-order valence-electron chi connectivity index (χ0n) is 12.5. The Morgan fingerprint density at radius 2 is 1.70 bits per heavy atom. The Labute approximate surface area is 134 Å². The molecule has 6 N–H and O–H groups in total. The largest absolute Gasteiger partial charge is 0.456 e. The number of allylic oxidation sites excluding steroid dienone is 3. The topological polar surface area (TPSA) is 113 Å². The minimum Gasteiger partial charge on any atom is -0.456 e. The van der Waals surface area contributed by atoms with E-state index in [9.17, 15) is 0 Å². The molecule has 0 aliphatic heterocycles. The molecule has 1 unspecified atom stereocenters. The van der Waals surface area contributed by atoms with Crippen molar-refractivity contribution in [2.75, 3.05) is 0 Å². The van der Waals surface area contributed by atoms with Crippen molar-refractivity contribution in [2.45, 2.75) is 6.42 Å². The highest BCUT2D eigenvalue weighted by atomic mass is 16.3. The monoisotopic (exact) mass is 306 g/mol. The molecule has 1 aromatic heterocycles. The predicted octanol–water partition coefficient (Wildman–Crippen LogP) is 3.13. The number of hydrogen-bond donors (Lipinski definition) is 4. The van der Waals surface area contributed by atoms with Gasteiger partial charge < -0.3 is 15.9 Å². The van der Waals surface area contributed by atoms with Crippen LogP contribution in [0.1, 0.15) is 17.7 Å². The van der Waals surface area contributed by atoms with Gasteiger partial charge in [0.05, 0.1) is 5.84 Å². The SMILES string of the molecule is N=C(N)c1ccc(-c2ccc(C3=CCC(C(=N)N)C=C3)o2)cc1. The van der Waals surface area contributed by atoms with Crippen LogP contribution in [0.3, 0.4) is 0 Å². The van der Waals surface area contributed by atoms with E-state index in [1.165, 1.54) is 0 Å². The van der Waals surface area contributed by atoms with Gasteiger partial charge in [-0.25, -0.2) is 0 Å². The minimum atomic E-state index is -0.0210. The number of nitrogens with two attached hydrogens (primary N) is 2. The molecule has 1 heterocycles. The summed E-state index contributed by atoms with van der Waals surface area (Å²) in [5, 5.41) is 14.9. The number of nitrogens with one attached hydrogen (secondary N) is 2. The first-order chi connectivity index (χ1) is 11.0. The number of nitrogen functional groups attached to an aromatic ring is 1. The predicted molar refractivity (Wildman–Crippen MR) is 92.3 cm³/mol. The zero-order valence-corrected chi connectivity index (χ0v) is 12.5. The van der Waals surface area contributed by atoms with Crippen molar-refractivity contribution >= 4 is 17.2 Å². The van der Waals surface area contributed by atoms with E-state index in [4.69, 9.17) is 26.7 Å². The van der Waals surface area contributed by atoms with Crippen molar-refractivity contribution in [2.24, 2.45) is 17.4 Å². The Kier molecular flexibility index (Phi) is 3.85. The van der Waals surface area contributed by atoms with Gasteiger partial charge in [0.2, 0.25) is 0 Å². The van der Waals surface area contributed by atoms with E-state index < -0.39 is 0 Å². The maximum absolute atomic E-state index is 7.47. The van der Waals surface area contributed by atoms with Crippen LogP contribution >= 0.6 is 0 Å². The molecule has 0 radical (unpaired) electrons. The van der Waals surface area contributed by atoms with Crippen molar-refractivity contribution in [1.29, 1.82) is 10.8 Å². The lowest BCUT2D eigenvalue weighted by Gasteiger charge is -2.13. The lowest BCUT2D eigenvalue weighted by atomic mass is 9.95. The van der Waals surface area contributed by atoms with Gasteiger partial charge >= 0.3 is 0 Å². The summed E-state index contributed by atoms with van der Waals surface area (Å²) in [7, 11) is 0. The van der Waals surface area contributed by atoms with E-state index in [2.05, 4.69) is 0 Å². The highest BCUT2D eigenvalue weighted by molar-refractivity contribution is 5.95. The van der Waals surface area contributed by atoms with Gasteiger partial charge in [-0.3, -0.25) is 10.8 Å². The first kappa shape index (κ1) is 14.8. The van der Waals surface area contributed by atoms with Gasteiger partial charge in [-0.2, -0.15) is 0 Å². The van der Waals surface area contributed by atoms with E-state index in [-0.39, 0.29) is 17.6 Å². The molecule has 0 spiro atoms. The third kappa shape index (κ3) is 3.08. The van der Waals surface area contributed by atoms with Crippen LogP contribution in [0, 0.1) is 16.7 Å². The van der Waals surface area contributed by atoms with Crippen LogP contribution < -0.4 is 11.5 Å². The Bertz CT molecular complexity index is 812. The van der Waals surface area contributed by atoms with Crippen molar-refractivity contribution < 1.29 is 4.42 Å². The number of furan rings is 1. The maximum Gasteiger partial charge on any atom is 0.134 e. The third-order valence-corrected chi connectivity index (χ3v) is 3.87. The van der Waals surface area contributed by atoms with Crippen LogP contribution in [0.5, 0.6) is 0 Å². The molecular weight excluding hydrogens is 288 g/mol. The lowest BCUT2D eigenvalue weighted by Crippen LogP contribution is -2.21. The number of amidine groups is 2. The van der Waals surface area contributed by atoms with E-state index in [0.717, 1.165) is 22.7 Å². The van der Waals surface area contributed by atoms with Crippen LogP contribution in [-0.2, 0) is 0 Å². The molecule has 5 heteroatoms. The third-order valence-electron chi connectivity index (χ3n) is 3.87. The highest BCUT2D eigenvalue weighted by Gasteiger charge is 2.14. The van der Waals surface area contributed by atoms with Crippen molar-refractivity contribution in [3.8, 4) is 11.3 Å². The summed E-state index contributed by atoms with van der Waals surface area (Å²) in [5.74, 6) is 1.76. The van der Waals surface area contributed by atoms with Gasteiger partial charge in [-0.15, -0.1) is 0 Å². The van der Waals surface area contributed by atoms with Gasteiger partial charge in [-0.1, -0.05) is 42.5 Å². The molecule has 0 fully saturated rings. The molecule has 1 aliphatic carbocycles.